The van der Waals surface area contributed by atoms with Gasteiger partial charge in [0, 0.05) is 16.6 Å². The molecule has 71 valence electrons. The Kier molecular flexibility index (Phi) is 1.65. The smallest absolute Gasteiger partial charge is 0.0465 e. The van der Waals surface area contributed by atoms with Crippen LogP contribution in [-0.4, -0.2) is 4.98 Å². The number of aromatic amines is 1. The molecule has 1 heteroatoms. The summed E-state index contributed by atoms with van der Waals surface area (Å²) in [5.74, 6) is 0. The first kappa shape index (κ1) is 8.30. The summed E-state index contributed by atoms with van der Waals surface area (Å²) in [7, 11) is 0. The van der Waals surface area contributed by atoms with E-state index in [-0.39, 0.29) is 0 Å². The largest absolute Gasteiger partial charge is 0.355 e. The van der Waals surface area contributed by atoms with Crippen LogP contribution in [-0.2, 0) is 0 Å². The van der Waals surface area contributed by atoms with Crippen molar-refractivity contribution >= 4 is 21.7 Å². The molecule has 0 saturated carbocycles. The lowest BCUT2D eigenvalue weighted by molar-refractivity contribution is 1.38. The molecule has 15 heavy (non-hydrogen) atoms. The summed E-state index contributed by atoms with van der Waals surface area (Å²) in [6.07, 6.45) is 2.88. The summed E-state index contributed by atoms with van der Waals surface area (Å²) < 4.78 is 0. The van der Waals surface area contributed by atoms with Gasteiger partial charge in [-0.1, -0.05) is 36.9 Å². The standard InChI is InChI=1S/C14H10N/c1-2-11-9-13-12-6-4-3-5-10(12)7-8-14(13)15-11/h3-9,15H,1H2. The molecule has 0 aliphatic rings. The molecule has 2 aromatic carbocycles. The van der Waals surface area contributed by atoms with Crippen molar-refractivity contribution < 1.29 is 0 Å². The van der Waals surface area contributed by atoms with Gasteiger partial charge in [0.15, 0.2) is 0 Å². The molecule has 0 aliphatic heterocycles. The third-order valence-electron chi connectivity index (χ3n) is 2.72. The molecule has 1 radical (unpaired) electrons. The van der Waals surface area contributed by atoms with Gasteiger partial charge < -0.3 is 4.98 Å². The molecule has 0 spiro atoms. The molecule has 1 N–H and O–H groups in total. The zero-order valence-corrected chi connectivity index (χ0v) is 8.25. The van der Waals surface area contributed by atoms with Gasteiger partial charge in [0.1, 0.15) is 0 Å². The number of hydrogen-bond donors (Lipinski definition) is 1. The minimum atomic E-state index is 0.946. The summed E-state index contributed by atoms with van der Waals surface area (Å²) in [5, 5.41) is 3.77. The highest BCUT2D eigenvalue weighted by atomic mass is 14.7. The van der Waals surface area contributed by atoms with Gasteiger partial charge in [0.2, 0.25) is 0 Å². The monoisotopic (exact) mass is 192 g/mol. The van der Waals surface area contributed by atoms with E-state index in [9.17, 15) is 0 Å². The van der Waals surface area contributed by atoms with Crippen molar-refractivity contribution in [1.82, 2.24) is 4.98 Å². The van der Waals surface area contributed by atoms with Crippen molar-refractivity contribution in [2.24, 2.45) is 0 Å². The SMILES string of the molecule is C=[C]c1cc2c(ccc3ccccc32)[nH]1. The Hall–Kier alpha value is -2.02. The Morgan fingerprint density at radius 1 is 1.00 bits per heavy atom. The highest BCUT2D eigenvalue weighted by Crippen LogP contribution is 2.25. The zero-order chi connectivity index (χ0) is 10.3. The average molecular weight is 192 g/mol. The molecule has 0 fully saturated rings. The summed E-state index contributed by atoms with van der Waals surface area (Å²) in [5.41, 5.74) is 2.08. The topological polar surface area (TPSA) is 15.8 Å². The van der Waals surface area contributed by atoms with Gasteiger partial charge in [-0.3, -0.25) is 0 Å². The van der Waals surface area contributed by atoms with Crippen LogP contribution in [0.4, 0.5) is 0 Å². The van der Waals surface area contributed by atoms with Crippen LogP contribution in [0, 0.1) is 6.08 Å². The molecule has 1 nitrogen and oxygen atoms in total. The number of hydrogen-bond acceptors (Lipinski definition) is 0. The molecule has 0 atom stereocenters. The second kappa shape index (κ2) is 2.99. The van der Waals surface area contributed by atoms with E-state index in [4.69, 9.17) is 0 Å². The van der Waals surface area contributed by atoms with Crippen molar-refractivity contribution in [2.45, 2.75) is 0 Å². The van der Waals surface area contributed by atoms with Gasteiger partial charge in [-0.05, 0) is 29.0 Å². The molecule has 0 aliphatic carbocycles. The third kappa shape index (κ3) is 1.17. The van der Waals surface area contributed by atoms with E-state index in [0.29, 0.717) is 0 Å². The van der Waals surface area contributed by atoms with Crippen molar-refractivity contribution in [1.29, 1.82) is 0 Å². The van der Waals surface area contributed by atoms with E-state index >= 15 is 0 Å². The molecule has 0 amide bonds. The molecular weight excluding hydrogens is 182 g/mol. The fraction of sp³-hybridized carbons (Fsp3) is 0. The molecule has 3 rings (SSSR count). The predicted octanol–water partition coefficient (Wildman–Crippen LogP) is 3.66. The second-order valence-corrected chi connectivity index (χ2v) is 3.61. The number of nitrogens with one attached hydrogen (secondary N) is 1. The number of rotatable bonds is 1. The second-order valence-electron chi connectivity index (χ2n) is 3.61. The van der Waals surface area contributed by atoms with Crippen LogP contribution in [0.2, 0.25) is 0 Å². The molecule has 0 saturated heterocycles. The fourth-order valence-electron chi connectivity index (χ4n) is 1.98. The molecular formula is C14H10N. The van der Waals surface area contributed by atoms with Crippen LogP contribution >= 0.6 is 0 Å². The quantitative estimate of drug-likeness (QED) is 0.605. The van der Waals surface area contributed by atoms with Crippen molar-refractivity contribution in [3.8, 4) is 0 Å². The first-order chi connectivity index (χ1) is 7.38. The van der Waals surface area contributed by atoms with Crippen LogP contribution in [0.5, 0.6) is 0 Å². The molecule has 1 aromatic heterocycles. The van der Waals surface area contributed by atoms with E-state index in [2.05, 4.69) is 60.1 Å². The summed E-state index contributed by atoms with van der Waals surface area (Å²) in [6, 6.07) is 14.7. The number of benzene rings is 2. The minimum absolute atomic E-state index is 0.946. The Morgan fingerprint density at radius 3 is 2.73 bits per heavy atom. The molecule has 0 unspecified atom stereocenters. The first-order valence-electron chi connectivity index (χ1n) is 4.92. The predicted molar refractivity (Wildman–Crippen MR) is 63.8 cm³/mol. The average Bonchev–Trinajstić information content (AvgIpc) is 2.72. The lowest BCUT2D eigenvalue weighted by Crippen LogP contribution is -1.73. The van der Waals surface area contributed by atoms with Crippen molar-refractivity contribution in [2.75, 3.05) is 0 Å². The summed E-state index contributed by atoms with van der Waals surface area (Å²) in [6.45, 7) is 3.65. The van der Waals surface area contributed by atoms with Crippen LogP contribution in [0.3, 0.4) is 0 Å². The minimum Gasteiger partial charge on any atom is -0.355 e. The third-order valence-corrected chi connectivity index (χ3v) is 2.72. The van der Waals surface area contributed by atoms with Crippen molar-refractivity contribution in [3.05, 3.63) is 60.8 Å². The maximum atomic E-state index is 3.65. The van der Waals surface area contributed by atoms with Gasteiger partial charge in [-0.2, -0.15) is 0 Å². The highest BCUT2D eigenvalue weighted by Gasteiger charge is 2.02. The first-order valence-corrected chi connectivity index (χ1v) is 4.92. The maximum Gasteiger partial charge on any atom is 0.0465 e. The van der Waals surface area contributed by atoms with E-state index in [1.807, 2.05) is 0 Å². The van der Waals surface area contributed by atoms with Gasteiger partial charge in [-0.15, -0.1) is 0 Å². The van der Waals surface area contributed by atoms with Gasteiger partial charge in [0.25, 0.3) is 0 Å². The van der Waals surface area contributed by atoms with E-state index in [1.165, 1.54) is 16.2 Å². The highest BCUT2D eigenvalue weighted by molar-refractivity contribution is 6.06. The van der Waals surface area contributed by atoms with E-state index < -0.39 is 0 Å². The summed E-state index contributed by atoms with van der Waals surface area (Å²) in [4.78, 5) is 3.26. The normalized spacial score (nSPS) is 10.9. The van der Waals surface area contributed by atoms with Crippen LogP contribution in [0.25, 0.3) is 21.7 Å². The van der Waals surface area contributed by atoms with Gasteiger partial charge in [0.05, 0.1) is 0 Å². The lowest BCUT2D eigenvalue weighted by Gasteiger charge is -1.97. The van der Waals surface area contributed by atoms with Crippen molar-refractivity contribution in [3.63, 3.8) is 0 Å². The lowest BCUT2D eigenvalue weighted by atomic mass is 10.1. The van der Waals surface area contributed by atoms with Crippen LogP contribution < -0.4 is 0 Å². The summed E-state index contributed by atoms with van der Waals surface area (Å²) >= 11 is 0. The maximum absolute atomic E-state index is 3.65. The van der Waals surface area contributed by atoms with Gasteiger partial charge >= 0.3 is 0 Å². The zero-order valence-electron chi connectivity index (χ0n) is 8.25. The van der Waals surface area contributed by atoms with Gasteiger partial charge in [-0.25, -0.2) is 0 Å². The Morgan fingerprint density at radius 2 is 1.87 bits per heavy atom. The van der Waals surface area contributed by atoms with Crippen LogP contribution in [0.15, 0.2) is 49.0 Å². The number of H-pyrrole nitrogens is 1. The number of aromatic nitrogens is 1. The molecule has 0 bridgehead atoms. The van der Waals surface area contributed by atoms with E-state index in [0.717, 1.165) is 11.2 Å². The Balaban J connectivity index is 2.52. The number of fused-ring (bicyclic) bond motifs is 3. The molecule has 1 heterocycles. The Labute approximate surface area is 88.0 Å². The Bertz CT molecular complexity index is 647. The molecule has 3 aromatic rings. The van der Waals surface area contributed by atoms with Crippen LogP contribution in [0.1, 0.15) is 5.69 Å². The van der Waals surface area contributed by atoms with E-state index in [1.54, 1.807) is 0 Å². The fourth-order valence-corrected chi connectivity index (χ4v) is 1.98.